The van der Waals surface area contributed by atoms with Crippen molar-refractivity contribution in [3.8, 4) is 0 Å². The molecule has 0 atom stereocenters. The van der Waals surface area contributed by atoms with Gasteiger partial charge in [0.15, 0.2) is 5.76 Å². The molecule has 2 aromatic rings. The number of rotatable bonds is 4. The van der Waals surface area contributed by atoms with Crippen molar-refractivity contribution in [2.24, 2.45) is 0 Å². The van der Waals surface area contributed by atoms with E-state index in [-0.39, 0.29) is 17.2 Å². The van der Waals surface area contributed by atoms with E-state index in [1.807, 2.05) is 10.9 Å². The van der Waals surface area contributed by atoms with Gasteiger partial charge in [0, 0.05) is 31.9 Å². The number of nitrogens with zero attached hydrogens (tertiary/aromatic N) is 3. The highest BCUT2D eigenvalue weighted by Crippen LogP contribution is 2.28. The molecule has 2 aromatic heterocycles. The Morgan fingerprint density at radius 3 is 2.75 bits per heavy atom. The van der Waals surface area contributed by atoms with Crippen LogP contribution < -0.4 is 0 Å². The van der Waals surface area contributed by atoms with Gasteiger partial charge in [-0.25, -0.2) is 4.79 Å². The molecule has 3 rings (SSSR count). The van der Waals surface area contributed by atoms with Gasteiger partial charge in [-0.1, -0.05) is 0 Å². The topological polar surface area (TPSA) is 77.6 Å². The molecule has 1 saturated heterocycles. The minimum atomic E-state index is -0.510. The van der Waals surface area contributed by atoms with Crippen LogP contribution in [0.4, 0.5) is 0 Å². The van der Waals surface area contributed by atoms with Crippen molar-refractivity contribution in [1.29, 1.82) is 0 Å². The van der Waals surface area contributed by atoms with Crippen LogP contribution in [0.3, 0.4) is 0 Å². The molecule has 3 heterocycles. The van der Waals surface area contributed by atoms with E-state index in [1.54, 1.807) is 4.90 Å². The predicted octanol–water partition coefficient (Wildman–Crippen LogP) is 2.30. The summed E-state index contributed by atoms with van der Waals surface area (Å²) in [6.45, 7) is 4.24. The number of piperidine rings is 1. The molecule has 0 spiro atoms. The summed E-state index contributed by atoms with van der Waals surface area (Å²) in [6.07, 6.45) is 7.04. The smallest absolute Gasteiger partial charge is 0.341 e. The van der Waals surface area contributed by atoms with E-state index in [0.717, 1.165) is 19.4 Å². The molecule has 128 valence electrons. The fourth-order valence-electron chi connectivity index (χ4n) is 3.01. The highest BCUT2D eigenvalue weighted by Gasteiger charge is 2.27. The molecule has 0 N–H and O–H groups in total. The van der Waals surface area contributed by atoms with Gasteiger partial charge in [0.2, 0.25) is 0 Å². The molecular formula is C17H21N3O4. The number of amides is 1. The van der Waals surface area contributed by atoms with E-state index in [9.17, 15) is 9.59 Å². The first-order valence-corrected chi connectivity index (χ1v) is 8.10. The number of carbonyl (C=O) groups excluding carboxylic acids is 2. The summed E-state index contributed by atoms with van der Waals surface area (Å²) in [5.41, 5.74) is 1.48. The third-order valence-electron chi connectivity index (χ3n) is 4.46. The summed E-state index contributed by atoms with van der Waals surface area (Å²) in [7, 11) is 1.29. The summed E-state index contributed by atoms with van der Waals surface area (Å²) in [6, 6.07) is 1.44. The highest BCUT2D eigenvalue weighted by atomic mass is 16.5. The molecule has 0 unspecified atom stereocenters. The molecule has 1 aliphatic rings. The van der Waals surface area contributed by atoms with Crippen LogP contribution in [-0.2, 0) is 11.3 Å². The first-order valence-electron chi connectivity index (χ1n) is 8.10. The molecule has 0 saturated carbocycles. The molecule has 7 nitrogen and oxygen atoms in total. The van der Waals surface area contributed by atoms with Crippen LogP contribution in [0, 0.1) is 0 Å². The van der Waals surface area contributed by atoms with Crippen LogP contribution in [0.5, 0.6) is 0 Å². The lowest BCUT2D eigenvalue weighted by atomic mass is 9.91. The average molecular weight is 331 g/mol. The molecule has 0 radical (unpaired) electrons. The first kappa shape index (κ1) is 16.3. The molecule has 1 aliphatic heterocycles. The number of hydrogen-bond acceptors (Lipinski definition) is 5. The van der Waals surface area contributed by atoms with Gasteiger partial charge >= 0.3 is 5.97 Å². The maximum Gasteiger partial charge on any atom is 0.341 e. The summed E-state index contributed by atoms with van der Waals surface area (Å²) >= 11 is 0. The molecular weight excluding hydrogens is 310 g/mol. The number of likely N-dealkylation sites (tertiary alicyclic amines) is 1. The second kappa shape index (κ2) is 6.90. The fourth-order valence-corrected chi connectivity index (χ4v) is 3.01. The van der Waals surface area contributed by atoms with Gasteiger partial charge in [0.1, 0.15) is 6.26 Å². The van der Waals surface area contributed by atoms with E-state index in [4.69, 9.17) is 4.42 Å². The third-order valence-corrected chi connectivity index (χ3v) is 4.46. The van der Waals surface area contributed by atoms with Gasteiger partial charge in [-0.15, -0.1) is 0 Å². The normalized spacial score (nSPS) is 15.5. The summed E-state index contributed by atoms with van der Waals surface area (Å²) in [5, 5.41) is 4.32. The van der Waals surface area contributed by atoms with Crippen molar-refractivity contribution in [2.75, 3.05) is 20.2 Å². The van der Waals surface area contributed by atoms with E-state index in [0.29, 0.717) is 19.0 Å². The molecule has 1 amide bonds. The monoisotopic (exact) mass is 331 g/mol. The van der Waals surface area contributed by atoms with E-state index in [1.165, 1.54) is 25.0 Å². The van der Waals surface area contributed by atoms with Crippen molar-refractivity contribution in [3.63, 3.8) is 0 Å². The van der Waals surface area contributed by atoms with Crippen LogP contribution in [0.2, 0.25) is 0 Å². The molecule has 1 fully saturated rings. The Hall–Kier alpha value is -2.57. The molecule has 7 heteroatoms. The van der Waals surface area contributed by atoms with Gasteiger partial charge < -0.3 is 14.1 Å². The molecule has 0 bridgehead atoms. The number of furan rings is 1. The second-order valence-electron chi connectivity index (χ2n) is 5.89. The Balaban J connectivity index is 1.60. The van der Waals surface area contributed by atoms with Gasteiger partial charge in [0.05, 0.1) is 18.9 Å². The number of esters is 1. The molecule has 24 heavy (non-hydrogen) atoms. The zero-order valence-electron chi connectivity index (χ0n) is 13.9. The summed E-state index contributed by atoms with van der Waals surface area (Å²) < 4.78 is 11.8. The maximum absolute atomic E-state index is 12.5. The van der Waals surface area contributed by atoms with Gasteiger partial charge in [0.25, 0.3) is 5.91 Å². The minimum Gasteiger partial charge on any atom is -0.465 e. The van der Waals surface area contributed by atoms with E-state index in [2.05, 4.69) is 23.0 Å². The van der Waals surface area contributed by atoms with Crippen LogP contribution in [0.1, 0.15) is 52.2 Å². The lowest BCUT2D eigenvalue weighted by Crippen LogP contribution is -2.37. The summed E-state index contributed by atoms with van der Waals surface area (Å²) in [4.78, 5) is 25.7. The van der Waals surface area contributed by atoms with Crippen LogP contribution in [-0.4, -0.2) is 46.8 Å². The van der Waals surface area contributed by atoms with Crippen molar-refractivity contribution < 1.29 is 18.7 Å². The zero-order valence-corrected chi connectivity index (χ0v) is 13.9. The Kier molecular flexibility index (Phi) is 4.69. The molecule has 0 aliphatic carbocycles. The maximum atomic E-state index is 12.5. The lowest BCUT2D eigenvalue weighted by molar-refractivity contribution is 0.0599. The largest absolute Gasteiger partial charge is 0.465 e. The fraction of sp³-hybridized carbons (Fsp3) is 0.471. The van der Waals surface area contributed by atoms with Crippen molar-refractivity contribution in [3.05, 3.63) is 41.6 Å². The third kappa shape index (κ3) is 3.20. The summed E-state index contributed by atoms with van der Waals surface area (Å²) in [5.74, 6) is -0.0958. The van der Waals surface area contributed by atoms with Crippen LogP contribution >= 0.6 is 0 Å². The first-order chi connectivity index (χ1) is 11.6. The highest BCUT2D eigenvalue weighted by molar-refractivity contribution is 5.96. The minimum absolute atomic E-state index is 0.174. The van der Waals surface area contributed by atoms with E-state index >= 15 is 0 Å². The van der Waals surface area contributed by atoms with Crippen molar-refractivity contribution in [2.45, 2.75) is 32.2 Å². The number of methoxy groups -OCH3 is 1. The van der Waals surface area contributed by atoms with Gasteiger partial charge in [-0.05, 0) is 31.2 Å². The predicted molar refractivity (Wildman–Crippen MR) is 85.8 cm³/mol. The Labute approximate surface area is 140 Å². The van der Waals surface area contributed by atoms with Crippen LogP contribution in [0.15, 0.2) is 29.1 Å². The standard InChI is InChI=1S/C17H21N3O4/c1-3-20-10-14(9-18-20)12-4-6-19(7-5-12)16(21)15-8-13(11-24-15)17(22)23-2/h8-12H,3-7H2,1-2H3. The van der Waals surface area contributed by atoms with Gasteiger partial charge in [-0.3, -0.25) is 9.48 Å². The van der Waals surface area contributed by atoms with Crippen molar-refractivity contribution >= 4 is 11.9 Å². The Morgan fingerprint density at radius 1 is 1.38 bits per heavy atom. The Morgan fingerprint density at radius 2 is 2.12 bits per heavy atom. The quantitative estimate of drug-likeness (QED) is 0.803. The van der Waals surface area contributed by atoms with Crippen LogP contribution in [0.25, 0.3) is 0 Å². The molecule has 0 aromatic carbocycles. The van der Waals surface area contributed by atoms with Crippen molar-refractivity contribution in [1.82, 2.24) is 14.7 Å². The SMILES string of the molecule is CCn1cc(C2CCN(C(=O)c3cc(C(=O)OC)co3)CC2)cn1. The zero-order chi connectivity index (χ0) is 17.1. The second-order valence-corrected chi connectivity index (χ2v) is 5.89. The number of aryl methyl sites for hydroxylation is 1. The van der Waals surface area contributed by atoms with E-state index < -0.39 is 5.97 Å². The lowest BCUT2D eigenvalue weighted by Gasteiger charge is -2.31. The number of ether oxygens (including phenoxy) is 1. The Bertz CT molecular complexity index is 726. The average Bonchev–Trinajstić information content (AvgIpc) is 3.30. The number of aromatic nitrogens is 2. The number of hydrogen-bond donors (Lipinski definition) is 0. The number of carbonyl (C=O) groups is 2. The van der Waals surface area contributed by atoms with Gasteiger partial charge in [-0.2, -0.15) is 5.10 Å².